The molecule has 1 aromatic carbocycles. The van der Waals surface area contributed by atoms with Crippen LogP contribution in [-0.2, 0) is 44.2 Å². The molecule has 0 N–H and O–H groups in total. The van der Waals surface area contributed by atoms with Gasteiger partial charge in [-0.25, -0.2) is 0 Å². The van der Waals surface area contributed by atoms with E-state index in [-0.39, 0.29) is 57.1 Å². The van der Waals surface area contributed by atoms with Crippen LogP contribution in [-0.4, -0.2) is 60.4 Å². The molecule has 0 bridgehead atoms. The fourth-order valence-electron chi connectivity index (χ4n) is 4.50. The Bertz CT molecular complexity index is 1500. The van der Waals surface area contributed by atoms with Gasteiger partial charge in [-0.2, -0.15) is 52.4 Å². The number of alkyl halides is 6. The largest absolute Gasteiger partial charge is 0.534 e. The number of amides is 1. The molecule has 2 aromatic rings. The van der Waals surface area contributed by atoms with Gasteiger partial charge < -0.3 is 9.08 Å². The Labute approximate surface area is 227 Å². The molecule has 0 spiro atoms. The van der Waals surface area contributed by atoms with E-state index in [1.165, 1.54) is 4.90 Å². The number of carbonyl (C=O) groups excluding carboxylic acids is 1. The number of likely N-dealkylation sites (tertiary alicyclic amines) is 1. The third-order valence-electron chi connectivity index (χ3n) is 6.42. The van der Waals surface area contributed by atoms with Crippen molar-refractivity contribution in [3.05, 3.63) is 45.2 Å². The van der Waals surface area contributed by atoms with Gasteiger partial charge >= 0.3 is 31.2 Å². The Morgan fingerprint density at radius 1 is 1.00 bits per heavy atom. The van der Waals surface area contributed by atoms with Crippen LogP contribution < -0.4 is 4.18 Å². The first-order chi connectivity index (χ1) is 17.8. The van der Waals surface area contributed by atoms with Crippen molar-refractivity contribution in [2.75, 3.05) is 6.54 Å². The zero-order valence-corrected chi connectivity index (χ0v) is 22.4. The molecule has 4 rings (SSSR count). The summed E-state index contributed by atoms with van der Waals surface area (Å²) in [7, 11) is -11.6. The summed E-state index contributed by atoms with van der Waals surface area (Å²) in [6, 6.07) is 1.20. The molecule has 1 saturated heterocycles. The van der Waals surface area contributed by atoms with Gasteiger partial charge in [0, 0.05) is 53.3 Å². The third-order valence-corrected chi connectivity index (χ3v) is 9.33. The quantitative estimate of drug-likeness (QED) is 0.265. The summed E-state index contributed by atoms with van der Waals surface area (Å²) in [6.45, 7) is 0.269. The number of halogens is 8. The van der Waals surface area contributed by atoms with Gasteiger partial charge in [0.05, 0.1) is 5.69 Å². The number of fused-ring (bicyclic) bond motifs is 1. The van der Waals surface area contributed by atoms with Crippen molar-refractivity contribution in [2.45, 2.75) is 49.2 Å². The molecule has 2 atom stereocenters. The van der Waals surface area contributed by atoms with E-state index in [9.17, 15) is 48.0 Å². The molecule has 2 heterocycles. The summed E-state index contributed by atoms with van der Waals surface area (Å²) in [4.78, 5) is 14.7. The summed E-state index contributed by atoms with van der Waals surface area (Å²) in [5, 5.41) is 3.16. The highest BCUT2D eigenvalue weighted by Crippen LogP contribution is 2.37. The molecule has 9 nitrogen and oxygen atoms in total. The number of nitrogens with zero attached hydrogens (tertiary/aromatic N) is 3. The first-order valence-corrected chi connectivity index (χ1v) is 14.6. The fourth-order valence-corrected chi connectivity index (χ4v) is 6.25. The van der Waals surface area contributed by atoms with Crippen LogP contribution >= 0.6 is 23.2 Å². The van der Waals surface area contributed by atoms with E-state index >= 15 is 0 Å². The van der Waals surface area contributed by atoms with E-state index in [1.807, 2.05) is 0 Å². The number of hydrogen-bond donors (Lipinski definition) is 0. The Morgan fingerprint density at radius 2 is 1.62 bits per heavy atom. The maximum Gasteiger partial charge on any atom is 0.534 e. The number of aryl methyl sites for hydroxylation is 1. The van der Waals surface area contributed by atoms with Crippen LogP contribution in [0.5, 0.6) is 5.75 Å². The van der Waals surface area contributed by atoms with Gasteiger partial charge in [-0.3, -0.25) is 4.79 Å². The van der Waals surface area contributed by atoms with E-state index in [1.54, 1.807) is 0 Å². The molecule has 2 aliphatic rings. The van der Waals surface area contributed by atoms with Crippen molar-refractivity contribution < 1.29 is 52.2 Å². The number of carbonyl (C=O) groups is 1. The molecule has 1 unspecified atom stereocenters. The van der Waals surface area contributed by atoms with Crippen LogP contribution in [0, 0.1) is 5.92 Å². The van der Waals surface area contributed by atoms with Crippen molar-refractivity contribution in [1.29, 1.82) is 0 Å². The number of hydrogen-bond acceptors (Lipinski definition) is 7. The van der Waals surface area contributed by atoms with Crippen LogP contribution in [0.4, 0.5) is 26.3 Å². The summed E-state index contributed by atoms with van der Waals surface area (Å²) in [5.74, 6) is -1.76. The zero-order chi connectivity index (χ0) is 29.1. The predicted octanol–water partition coefficient (Wildman–Crippen LogP) is 4.06. The predicted molar refractivity (Wildman–Crippen MR) is 124 cm³/mol. The van der Waals surface area contributed by atoms with Crippen molar-refractivity contribution in [3.8, 4) is 5.75 Å². The number of rotatable bonds is 6. The first-order valence-electron chi connectivity index (χ1n) is 11.0. The van der Waals surface area contributed by atoms with Crippen molar-refractivity contribution in [1.82, 2.24) is 14.1 Å². The van der Waals surface area contributed by atoms with Gasteiger partial charge in [0.1, 0.15) is 5.75 Å². The Kier molecular flexibility index (Phi) is 7.62. The van der Waals surface area contributed by atoms with E-state index in [0.717, 1.165) is 18.3 Å². The summed E-state index contributed by atoms with van der Waals surface area (Å²) < 4.78 is 126. The van der Waals surface area contributed by atoms with Gasteiger partial charge in [0.25, 0.3) is 0 Å². The highest BCUT2D eigenvalue weighted by molar-refractivity contribution is 7.90. The molecule has 216 valence electrons. The molecule has 0 saturated carbocycles. The molecule has 1 aliphatic heterocycles. The SMILES string of the molecule is O=C1C(Cc2c(Cl)cc(OS(=O)(=O)C(F)(F)F)cc2Cl)CCN1[C@@H]1CCc2cn(S(=O)(=O)C(F)(F)F)nc2C1. The monoisotopic (exact) mass is 643 g/mol. The third kappa shape index (κ3) is 5.67. The lowest BCUT2D eigenvalue weighted by molar-refractivity contribution is -0.133. The number of benzene rings is 1. The van der Waals surface area contributed by atoms with Crippen molar-refractivity contribution >= 4 is 49.3 Å². The van der Waals surface area contributed by atoms with E-state index in [0.29, 0.717) is 18.4 Å². The molecule has 39 heavy (non-hydrogen) atoms. The van der Waals surface area contributed by atoms with Crippen LogP contribution in [0.25, 0.3) is 0 Å². The lowest BCUT2D eigenvalue weighted by Gasteiger charge is -2.30. The molecule has 1 fully saturated rings. The topological polar surface area (TPSA) is 116 Å². The second-order valence-electron chi connectivity index (χ2n) is 8.89. The molecule has 1 amide bonds. The average Bonchev–Trinajstić information content (AvgIpc) is 3.37. The maximum atomic E-state index is 13.1. The van der Waals surface area contributed by atoms with Gasteiger partial charge in [-0.15, -0.1) is 0 Å². The van der Waals surface area contributed by atoms with E-state index in [4.69, 9.17) is 23.2 Å². The number of aromatic nitrogens is 2. The second kappa shape index (κ2) is 9.99. The van der Waals surface area contributed by atoms with Crippen LogP contribution in [0.15, 0.2) is 18.3 Å². The summed E-state index contributed by atoms with van der Waals surface area (Å²) in [6.07, 6.45) is 1.70. The molecular weight excluding hydrogens is 627 g/mol. The van der Waals surface area contributed by atoms with E-state index in [2.05, 4.69) is 9.28 Å². The lowest BCUT2D eigenvalue weighted by Crippen LogP contribution is -2.41. The summed E-state index contributed by atoms with van der Waals surface area (Å²) in [5.41, 5.74) is -10.6. The Morgan fingerprint density at radius 3 is 2.18 bits per heavy atom. The molecule has 1 aromatic heterocycles. The fraction of sp³-hybridized carbons (Fsp3) is 0.500. The smallest absolute Gasteiger partial charge is 0.376 e. The molecule has 0 radical (unpaired) electrons. The minimum Gasteiger partial charge on any atom is -0.376 e. The second-order valence-corrected chi connectivity index (χ2v) is 13.0. The Balaban J connectivity index is 1.46. The summed E-state index contributed by atoms with van der Waals surface area (Å²) >= 11 is 12.2. The standard InChI is InChI=1S/C20H17Cl2F6N3O6S2/c21-15-7-13(37-39(35,36)20(26,27)28)8-16(22)14(15)5-10-3-4-30(18(10)32)12-2-1-11-9-31(29-17(11)6-12)38(33,34)19(23,24)25/h7-10,12H,1-6H2/t10?,12-/m1/s1. The normalized spacial score (nSPS) is 20.8. The molecular formula is C20H17Cl2F6N3O6S2. The van der Waals surface area contributed by atoms with Gasteiger partial charge in [0.2, 0.25) is 5.91 Å². The lowest BCUT2D eigenvalue weighted by atomic mass is 9.92. The first kappa shape index (κ1) is 29.7. The molecule has 19 heteroatoms. The van der Waals surface area contributed by atoms with E-state index < -0.39 is 48.9 Å². The average molecular weight is 644 g/mol. The molecule has 1 aliphatic carbocycles. The van der Waals surface area contributed by atoms with Crippen LogP contribution in [0.2, 0.25) is 10.0 Å². The van der Waals surface area contributed by atoms with Gasteiger partial charge in [-0.1, -0.05) is 23.2 Å². The minimum atomic E-state index is -5.96. The van der Waals surface area contributed by atoms with Crippen molar-refractivity contribution in [2.24, 2.45) is 5.92 Å². The minimum absolute atomic E-state index is 0.0320. The Hall–Kier alpha value is -2.24. The zero-order valence-electron chi connectivity index (χ0n) is 19.3. The van der Waals surface area contributed by atoms with Gasteiger partial charge in [0.15, 0.2) is 0 Å². The highest BCUT2D eigenvalue weighted by atomic mass is 35.5. The van der Waals surface area contributed by atoms with Crippen LogP contribution in [0.3, 0.4) is 0 Å². The maximum absolute atomic E-state index is 13.1. The highest BCUT2D eigenvalue weighted by Gasteiger charge is 2.49. The van der Waals surface area contributed by atoms with Crippen LogP contribution in [0.1, 0.15) is 29.7 Å². The van der Waals surface area contributed by atoms with Gasteiger partial charge in [-0.05, 0) is 36.8 Å². The van der Waals surface area contributed by atoms with Crippen molar-refractivity contribution in [3.63, 3.8) is 0 Å².